The van der Waals surface area contributed by atoms with Crippen molar-refractivity contribution < 1.29 is 47.6 Å². The fraction of sp³-hybridized carbons (Fsp3) is 0.447. The van der Waals surface area contributed by atoms with Crippen molar-refractivity contribution in [3.8, 4) is 0 Å². The summed E-state index contributed by atoms with van der Waals surface area (Å²) < 4.78 is 26.2. The molecule has 2 heterocycles. The lowest BCUT2D eigenvalue weighted by Gasteiger charge is -2.35. The molecule has 284 valence electrons. The van der Waals surface area contributed by atoms with Crippen LogP contribution in [0.15, 0.2) is 95.2 Å². The minimum Gasteiger partial charge on any atom is -0.467 e. The first kappa shape index (κ1) is 43.3. The molecule has 3 amide bonds. The molecule has 0 aromatic carbocycles. The molecule has 14 nitrogen and oxygen atoms in total. The van der Waals surface area contributed by atoms with E-state index in [-0.39, 0.29) is 25.9 Å². The summed E-state index contributed by atoms with van der Waals surface area (Å²) in [7, 11) is 3.99. The Hall–Kier alpha value is -4.89. The number of aryl methyl sites for hydroxylation is 1. The summed E-state index contributed by atoms with van der Waals surface area (Å²) >= 11 is 0. The SMILES string of the molecule is COC(=O)C(C(C)OC)N(C)C(=O)C1(NC(=O)C=CC=CC=CC=CCNC(=O)C(C)(C)C(O)C(C)=CC=CC=CCc2cnc(C)o2)COCO1. The van der Waals surface area contributed by atoms with Gasteiger partial charge in [-0.05, 0) is 33.3 Å². The third kappa shape index (κ3) is 13.0. The highest BCUT2D eigenvalue weighted by atomic mass is 16.7. The van der Waals surface area contributed by atoms with Gasteiger partial charge in [-0.1, -0.05) is 72.9 Å². The number of nitrogens with one attached hydrogen (secondary N) is 2. The molecule has 4 atom stereocenters. The van der Waals surface area contributed by atoms with Gasteiger partial charge < -0.3 is 44.0 Å². The van der Waals surface area contributed by atoms with E-state index in [9.17, 15) is 24.3 Å². The van der Waals surface area contributed by atoms with Crippen LogP contribution < -0.4 is 10.6 Å². The first-order chi connectivity index (χ1) is 24.7. The highest BCUT2D eigenvalue weighted by Crippen LogP contribution is 2.26. The average molecular weight is 725 g/mol. The van der Waals surface area contributed by atoms with Gasteiger partial charge in [0.1, 0.15) is 12.4 Å². The van der Waals surface area contributed by atoms with Crippen LogP contribution in [0.2, 0.25) is 0 Å². The molecular weight excluding hydrogens is 672 g/mol. The number of amides is 3. The molecule has 14 heteroatoms. The van der Waals surface area contributed by atoms with Gasteiger partial charge in [-0.25, -0.2) is 9.78 Å². The van der Waals surface area contributed by atoms with Gasteiger partial charge in [0.05, 0.1) is 30.9 Å². The molecule has 0 aliphatic carbocycles. The maximum Gasteiger partial charge on any atom is 0.331 e. The number of aromatic nitrogens is 1. The number of carbonyl (C=O) groups excluding carboxylic acids is 4. The number of carbonyl (C=O) groups is 4. The van der Waals surface area contributed by atoms with Crippen LogP contribution in [0.1, 0.15) is 39.3 Å². The number of hydrogen-bond acceptors (Lipinski definition) is 11. The van der Waals surface area contributed by atoms with Crippen molar-refractivity contribution >= 4 is 23.7 Å². The van der Waals surface area contributed by atoms with E-state index in [1.165, 1.54) is 33.4 Å². The van der Waals surface area contributed by atoms with Crippen molar-refractivity contribution in [3.05, 3.63) is 102 Å². The fourth-order valence-corrected chi connectivity index (χ4v) is 4.93. The van der Waals surface area contributed by atoms with Crippen LogP contribution in [0.5, 0.6) is 0 Å². The Morgan fingerprint density at radius 3 is 2.33 bits per heavy atom. The van der Waals surface area contributed by atoms with Crippen LogP contribution in [0.3, 0.4) is 0 Å². The van der Waals surface area contributed by atoms with E-state index in [0.29, 0.717) is 17.9 Å². The topological polar surface area (TPSA) is 179 Å². The van der Waals surface area contributed by atoms with Crippen LogP contribution in [0, 0.1) is 12.3 Å². The summed E-state index contributed by atoms with van der Waals surface area (Å²) in [4.78, 5) is 56.4. The van der Waals surface area contributed by atoms with Gasteiger partial charge in [-0.3, -0.25) is 14.4 Å². The quantitative estimate of drug-likeness (QED) is 0.108. The van der Waals surface area contributed by atoms with E-state index >= 15 is 0 Å². The molecule has 1 saturated heterocycles. The zero-order valence-electron chi connectivity index (χ0n) is 31.2. The number of likely N-dealkylation sites (N-methyl/N-ethyl adjacent to an activating group) is 1. The minimum absolute atomic E-state index is 0.228. The predicted octanol–water partition coefficient (Wildman–Crippen LogP) is 3.16. The van der Waals surface area contributed by atoms with Gasteiger partial charge in [0, 0.05) is 40.1 Å². The molecule has 0 bridgehead atoms. The lowest BCUT2D eigenvalue weighted by molar-refractivity contribution is -0.169. The number of aliphatic hydroxyl groups is 1. The smallest absolute Gasteiger partial charge is 0.331 e. The number of methoxy groups -OCH3 is 2. The maximum atomic E-state index is 13.4. The van der Waals surface area contributed by atoms with Crippen molar-refractivity contribution in [1.29, 1.82) is 0 Å². The van der Waals surface area contributed by atoms with Crippen LogP contribution in [0.4, 0.5) is 0 Å². The highest BCUT2D eigenvalue weighted by Gasteiger charge is 2.50. The first-order valence-electron chi connectivity index (χ1n) is 16.7. The molecule has 1 aliphatic rings. The summed E-state index contributed by atoms with van der Waals surface area (Å²) in [6.45, 7) is 8.32. The lowest BCUT2D eigenvalue weighted by Crippen LogP contribution is -2.64. The number of aliphatic hydroxyl groups excluding tert-OH is 1. The molecule has 0 saturated carbocycles. The largest absolute Gasteiger partial charge is 0.467 e. The maximum absolute atomic E-state index is 13.4. The Morgan fingerprint density at radius 2 is 1.71 bits per heavy atom. The third-order valence-electron chi connectivity index (χ3n) is 8.09. The predicted molar refractivity (Wildman–Crippen MR) is 194 cm³/mol. The van der Waals surface area contributed by atoms with Gasteiger partial charge in [0.15, 0.2) is 18.7 Å². The van der Waals surface area contributed by atoms with Gasteiger partial charge in [0.2, 0.25) is 17.5 Å². The molecule has 1 fully saturated rings. The molecule has 4 unspecified atom stereocenters. The molecule has 1 aromatic rings. The van der Waals surface area contributed by atoms with Crippen molar-refractivity contribution in [1.82, 2.24) is 20.5 Å². The van der Waals surface area contributed by atoms with Crippen LogP contribution >= 0.6 is 0 Å². The molecule has 1 aliphatic heterocycles. The number of hydrogen-bond donors (Lipinski definition) is 3. The minimum atomic E-state index is -1.84. The van der Waals surface area contributed by atoms with Gasteiger partial charge in [-0.15, -0.1) is 0 Å². The molecule has 0 radical (unpaired) electrons. The lowest BCUT2D eigenvalue weighted by atomic mass is 9.81. The Morgan fingerprint density at radius 1 is 1.06 bits per heavy atom. The number of esters is 1. The Balaban J connectivity index is 1.82. The van der Waals surface area contributed by atoms with E-state index in [2.05, 4.69) is 15.6 Å². The summed E-state index contributed by atoms with van der Waals surface area (Å²) in [6.07, 6.45) is 22.8. The van der Waals surface area contributed by atoms with E-state index in [0.717, 1.165) is 10.7 Å². The molecule has 0 spiro atoms. The monoisotopic (exact) mass is 724 g/mol. The third-order valence-corrected chi connectivity index (χ3v) is 8.09. The van der Waals surface area contributed by atoms with Crippen molar-refractivity contribution in [2.24, 2.45) is 5.41 Å². The molecule has 2 rings (SSSR count). The molecular formula is C38H52N4O10. The fourth-order valence-electron chi connectivity index (χ4n) is 4.93. The zero-order valence-corrected chi connectivity index (χ0v) is 31.2. The standard InChI is InChI=1S/C38H52N4O10/c1-27(20-16-13-14-17-21-30-24-40-29(3)52-30)33(44)37(4,5)35(46)39-23-19-15-11-9-10-12-18-22-31(43)41-38(25-50-26-51-38)36(47)42(6)32(28(2)48-7)34(45)49-8/h9-20,22,24,28,32-33,44H,21,23,25-26H2,1-8H3,(H,39,46)(H,41,43). The number of ether oxygens (including phenoxy) is 4. The Bertz CT molecular complexity index is 1560. The van der Waals surface area contributed by atoms with Crippen LogP contribution in [-0.4, -0.2) is 104 Å². The van der Waals surface area contributed by atoms with Crippen LogP contribution in [-0.2, 0) is 44.5 Å². The number of allylic oxidation sites excluding steroid dienone is 11. The van der Waals surface area contributed by atoms with Crippen molar-refractivity contribution in [2.75, 3.05) is 41.2 Å². The Labute approximate surface area is 305 Å². The van der Waals surface area contributed by atoms with Gasteiger partial charge in [0.25, 0.3) is 5.91 Å². The van der Waals surface area contributed by atoms with Crippen molar-refractivity contribution in [3.63, 3.8) is 0 Å². The zero-order chi connectivity index (χ0) is 38.7. The summed E-state index contributed by atoms with van der Waals surface area (Å²) in [5.74, 6) is -0.909. The van der Waals surface area contributed by atoms with E-state index in [1.54, 1.807) is 89.4 Å². The normalized spacial score (nSPS) is 19.0. The van der Waals surface area contributed by atoms with Crippen LogP contribution in [0.25, 0.3) is 0 Å². The molecule has 52 heavy (non-hydrogen) atoms. The summed E-state index contributed by atoms with van der Waals surface area (Å²) in [6, 6.07) is -1.09. The number of rotatable bonds is 19. The van der Waals surface area contributed by atoms with Crippen molar-refractivity contribution in [2.45, 2.75) is 65.0 Å². The van der Waals surface area contributed by atoms with Gasteiger partial charge >= 0.3 is 5.97 Å². The Kier molecular flexibility index (Phi) is 17.9. The average Bonchev–Trinajstić information content (AvgIpc) is 3.78. The molecule has 1 aromatic heterocycles. The second-order valence-electron chi connectivity index (χ2n) is 12.4. The van der Waals surface area contributed by atoms with E-state index in [4.69, 9.17) is 23.4 Å². The number of nitrogens with zero attached hydrogens (tertiary/aromatic N) is 2. The number of oxazole rings is 1. The first-order valence-corrected chi connectivity index (χ1v) is 16.7. The van der Waals surface area contributed by atoms with E-state index in [1.807, 2.05) is 18.2 Å². The molecule has 3 N–H and O–H groups in total. The second kappa shape index (κ2) is 21.5. The summed E-state index contributed by atoms with van der Waals surface area (Å²) in [5, 5.41) is 16.2. The highest BCUT2D eigenvalue weighted by molar-refractivity contribution is 5.96. The summed E-state index contributed by atoms with van der Waals surface area (Å²) in [5.41, 5.74) is -2.25. The van der Waals surface area contributed by atoms with E-state index < -0.39 is 47.2 Å². The second-order valence-corrected chi connectivity index (χ2v) is 12.4. The van der Waals surface area contributed by atoms with Gasteiger partial charge in [-0.2, -0.15) is 0 Å².